The Labute approximate surface area is 95.9 Å². The van der Waals surface area contributed by atoms with Crippen LogP contribution in [0.2, 0.25) is 0 Å². The fourth-order valence-corrected chi connectivity index (χ4v) is 2.03. The number of anilines is 1. The molecule has 1 aromatic heterocycles. The largest absolute Gasteiger partial charge is 0.490 e. The van der Waals surface area contributed by atoms with Crippen LogP contribution in [0, 0.1) is 0 Å². The number of piperidine rings is 1. The number of β-amino-alcohol motifs (C(OH)–C–C–N with tert-alkyl or cyclic N) is 1. The molecule has 1 aliphatic rings. The summed E-state index contributed by atoms with van der Waals surface area (Å²) in [4.78, 5) is 6.44. The van der Waals surface area contributed by atoms with Crippen LogP contribution in [0.25, 0.3) is 0 Å². The molecule has 1 aromatic rings. The molecule has 0 bridgehead atoms. The van der Waals surface area contributed by atoms with Gasteiger partial charge in [0.05, 0.1) is 12.7 Å². The Morgan fingerprint density at radius 3 is 3.25 bits per heavy atom. The molecule has 16 heavy (non-hydrogen) atoms. The summed E-state index contributed by atoms with van der Waals surface area (Å²) < 4.78 is 5.54. The van der Waals surface area contributed by atoms with E-state index in [0.29, 0.717) is 13.2 Å². The molecule has 0 aromatic carbocycles. The van der Waals surface area contributed by atoms with Crippen molar-refractivity contribution in [2.45, 2.75) is 25.9 Å². The third-order valence-electron chi connectivity index (χ3n) is 2.75. The predicted molar refractivity (Wildman–Crippen MR) is 62.9 cm³/mol. The van der Waals surface area contributed by atoms with Gasteiger partial charge in [0.25, 0.3) is 0 Å². The summed E-state index contributed by atoms with van der Waals surface area (Å²) >= 11 is 0. The second-order valence-electron chi connectivity index (χ2n) is 4.00. The van der Waals surface area contributed by atoms with Crippen LogP contribution in [0.1, 0.15) is 19.8 Å². The van der Waals surface area contributed by atoms with E-state index in [4.69, 9.17) is 4.74 Å². The fraction of sp³-hybridized carbons (Fsp3) is 0.583. The van der Waals surface area contributed by atoms with Gasteiger partial charge < -0.3 is 14.7 Å². The summed E-state index contributed by atoms with van der Waals surface area (Å²) in [5.74, 6) is 1.65. The first-order valence-corrected chi connectivity index (χ1v) is 5.82. The molecule has 88 valence electrons. The van der Waals surface area contributed by atoms with Crippen molar-refractivity contribution in [1.82, 2.24) is 4.98 Å². The van der Waals surface area contributed by atoms with Crippen molar-refractivity contribution in [2.75, 3.05) is 24.6 Å². The van der Waals surface area contributed by atoms with Gasteiger partial charge in [-0.2, -0.15) is 0 Å². The molecule has 0 saturated carbocycles. The molecule has 1 fully saturated rings. The van der Waals surface area contributed by atoms with Crippen molar-refractivity contribution in [2.24, 2.45) is 0 Å². The zero-order valence-corrected chi connectivity index (χ0v) is 9.59. The maximum atomic E-state index is 9.65. The van der Waals surface area contributed by atoms with Gasteiger partial charge in [0, 0.05) is 19.3 Å². The average molecular weight is 222 g/mol. The molecule has 1 N–H and O–H groups in total. The van der Waals surface area contributed by atoms with Gasteiger partial charge in [0.15, 0.2) is 11.6 Å². The summed E-state index contributed by atoms with van der Waals surface area (Å²) in [5.41, 5.74) is 0. The minimum Gasteiger partial charge on any atom is -0.490 e. The predicted octanol–water partition coefficient (Wildman–Crippen LogP) is 1.44. The number of hydrogen-bond acceptors (Lipinski definition) is 4. The minimum absolute atomic E-state index is 0.245. The van der Waals surface area contributed by atoms with Crippen LogP contribution in [0.15, 0.2) is 18.3 Å². The normalized spacial score (nSPS) is 20.9. The van der Waals surface area contributed by atoms with Crippen LogP contribution in [0.3, 0.4) is 0 Å². The van der Waals surface area contributed by atoms with Crippen molar-refractivity contribution < 1.29 is 9.84 Å². The molecule has 1 saturated heterocycles. The van der Waals surface area contributed by atoms with Gasteiger partial charge in [-0.3, -0.25) is 0 Å². The van der Waals surface area contributed by atoms with Gasteiger partial charge in [0.1, 0.15) is 0 Å². The molecule has 0 spiro atoms. The number of aliphatic hydroxyl groups excluding tert-OH is 1. The highest BCUT2D eigenvalue weighted by Gasteiger charge is 2.21. The van der Waals surface area contributed by atoms with E-state index in [1.165, 1.54) is 0 Å². The smallest absolute Gasteiger partial charge is 0.171 e. The Kier molecular flexibility index (Phi) is 3.62. The van der Waals surface area contributed by atoms with Gasteiger partial charge in [-0.15, -0.1) is 0 Å². The molecule has 4 nitrogen and oxygen atoms in total. The molecule has 0 amide bonds. The number of aromatic nitrogens is 1. The van der Waals surface area contributed by atoms with Gasteiger partial charge in [-0.25, -0.2) is 4.98 Å². The molecule has 1 aliphatic heterocycles. The molecule has 4 heteroatoms. The standard InChI is InChI=1S/C12H18N2O2/c1-2-16-11-6-3-7-13-12(11)14-8-4-5-10(15)9-14/h3,6-7,10,15H,2,4-5,8-9H2,1H3. The first-order chi connectivity index (χ1) is 7.81. The molecular weight excluding hydrogens is 204 g/mol. The number of ether oxygens (including phenoxy) is 1. The lowest BCUT2D eigenvalue weighted by Gasteiger charge is -2.31. The second-order valence-corrected chi connectivity index (χ2v) is 4.00. The van der Waals surface area contributed by atoms with Crippen LogP contribution in [0.4, 0.5) is 5.82 Å². The van der Waals surface area contributed by atoms with Crippen LogP contribution in [-0.4, -0.2) is 35.9 Å². The van der Waals surface area contributed by atoms with Crippen LogP contribution < -0.4 is 9.64 Å². The van der Waals surface area contributed by atoms with E-state index < -0.39 is 0 Å². The third kappa shape index (κ3) is 2.44. The van der Waals surface area contributed by atoms with Crippen molar-refractivity contribution in [3.05, 3.63) is 18.3 Å². The number of aliphatic hydroxyl groups is 1. The average Bonchev–Trinajstić information content (AvgIpc) is 2.30. The minimum atomic E-state index is -0.245. The Morgan fingerprint density at radius 2 is 2.50 bits per heavy atom. The van der Waals surface area contributed by atoms with E-state index in [0.717, 1.165) is 31.0 Å². The highest BCUT2D eigenvalue weighted by atomic mass is 16.5. The first-order valence-electron chi connectivity index (χ1n) is 5.82. The van der Waals surface area contributed by atoms with E-state index in [1.54, 1.807) is 6.20 Å². The zero-order chi connectivity index (χ0) is 11.4. The lowest BCUT2D eigenvalue weighted by molar-refractivity contribution is 0.153. The SMILES string of the molecule is CCOc1cccnc1N1CCCC(O)C1. The Bertz CT molecular complexity index is 344. The van der Waals surface area contributed by atoms with E-state index in [9.17, 15) is 5.11 Å². The topological polar surface area (TPSA) is 45.6 Å². The summed E-state index contributed by atoms with van der Waals surface area (Å²) in [6.45, 7) is 4.18. The van der Waals surface area contributed by atoms with Gasteiger partial charge in [-0.1, -0.05) is 0 Å². The highest BCUT2D eigenvalue weighted by molar-refractivity contribution is 5.52. The Hall–Kier alpha value is -1.29. The van der Waals surface area contributed by atoms with Crippen molar-refractivity contribution >= 4 is 5.82 Å². The van der Waals surface area contributed by atoms with Crippen LogP contribution in [-0.2, 0) is 0 Å². The van der Waals surface area contributed by atoms with Gasteiger partial charge >= 0.3 is 0 Å². The van der Waals surface area contributed by atoms with Gasteiger partial charge in [-0.05, 0) is 31.9 Å². The van der Waals surface area contributed by atoms with Crippen LogP contribution in [0.5, 0.6) is 5.75 Å². The number of rotatable bonds is 3. The van der Waals surface area contributed by atoms with E-state index in [1.807, 2.05) is 19.1 Å². The monoisotopic (exact) mass is 222 g/mol. The maximum absolute atomic E-state index is 9.65. The van der Waals surface area contributed by atoms with E-state index in [-0.39, 0.29) is 6.10 Å². The van der Waals surface area contributed by atoms with Crippen molar-refractivity contribution in [3.63, 3.8) is 0 Å². The number of pyridine rings is 1. The molecule has 2 rings (SSSR count). The van der Waals surface area contributed by atoms with Gasteiger partial charge in [0.2, 0.25) is 0 Å². The maximum Gasteiger partial charge on any atom is 0.171 e. The summed E-state index contributed by atoms with van der Waals surface area (Å²) in [6, 6.07) is 3.79. The molecule has 0 aliphatic carbocycles. The molecule has 0 radical (unpaired) electrons. The fourth-order valence-electron chi connectivity index (χ4n) is 2.03. The Morgan fingerprint density at radius 1 is 1.62 bits per heavy atom. The van der Waals surface area contributed by atoms with Crippen LogP contribution >= 0.6 is 0 Å². The summed E-state index contributed by atoms with van der Waals surface area (Å²) in [6.07, 6.45) is 3.40. The second kappa shape index (κ2) is 5.16. The highest BCUT2D eigenvalue weighted by Crippen LogP contribution is 2.27. The lowest BCUT2D eigenvalue weighted by Crippen LogP contribution is -2.38. The van der Waals surface area contributed by atoms with Crippen molar-refractivity contribution in [1.29, 1.82) is 0 Å². The summed E-state index contributed by atoms with van der Waals surface area (Å²) in [7, 11) is 0. The molecule has 2 heterocycles. The molecular formula is C12H18N2O2. The summed E-state index contributed by atoms with van der Waals surface area (Å²) in [5, 5.41) is 9.65. The molecule has 1 atom stereocenters. The van der Waals surface area contributed by atoms with E-state index in [2.05, 4.69) is 9.88 Å². The lowest BCUT2D eigenvalue weighted by atomic mass is 10.1. The molecule has 1 unspecified atom stereocenters. The quantitative estimate of drug-likeness (QED) is 0.840. The zero-order valence-electron chi connectivity index (χ0n) is 9.59. The van der Waals surface area contributed by atoms with E-state index >= 15 is 0 Å². The van der Waals surface area contributed by atoms with Crippen molar-refractivity contribution in [3.8, 4) is 5.75 Å². The number of nitrogens with zero attached hydrogens (tertiary/aromatic N) is 2. The third-order valence-corrected chi connectivity index (χ3v) is 2.75. The Balaban J connectivity index is 2.17. The first kappa shape index (κ1) is 11.2. The number of hydrogen-bond donors (Lipinski definition) is 1.